The summed E-state index contributed by atoms with van der Waals surface area (Å²) in [6, 6.07) is 9.77. The van der Waals surface area contributed by atoms with Gasteiger partial charge in [-0.15, -0.1) is 0 Å². The smallest absolute Gasteiger partial charge is 0.252 e. The second-order valence-electron chi connectivity index (χ2n) is 7.00. The molecule has 0 radical (unpaired) electrons. The first-order chi connectivity index (χ1) is 9.84. The molecule has 2 atom stereocenters. The second-order valence-corrected chi connectivity index (χ2v) is 7.00. The first-order valence-electron chi connectivity index (χ1n) is 7.52. The van der Waals surface area contributed by atoms with Crippen molar-refractivity contribution >= 4 is 11.8 Å². The Morgan fingerprint density at radius 1 is 1.14 bits per heavy atom. The first-order valence-corrected chi connectivity index (χ1v) is 7.52. The predicted octanol–water partition coefficient (Wildman–Crippen LogP) is 2.05. The lowest BCUT2D eigenvalue weighted by Gasteiger charge is -2.33. The Balaban J connectivity index is 1.98. The van der Waals surface area contributed by atoms with Crippen LogP contribution < -0.4 is 5.32 Å². The van der Waals surface area contributed by atoms with Gasteiger partial charge >= 0.3 is 0 Å². The van der Waals surface area contributed by atoms with Gasteiger partial charge in [-0.05, 0) is 24.3 Å². The van der Waals surface area contributed by atoms with E-state index in [1.165, 1.54) is 0 Å². The summed E-state index contributed by atoms with van der Waals surface area (Å²) in [5.74, 6) is -0.0502. The fourth-order valence-corrected chi connectivity index (χ4v) is 3.24. The molecule has 1 saturated heterocycles. The maximum Gasteiger partial charge on any atom is 0.252 e. The minimum Gasteiger partial charge on any atom is -0.338 e. The van der Waals surface area contributed by atoms with Crippen LogP contribution >= 0.6 is 0 Å². The summed E-state index contributed by atoms with van der Waals surface area (Å²) in [5.41, 5.74) is 0.0439. The van der Waals surface area contributed by atoms with Crippen LogP contribution in [0.3, 0.4) is 0 Å². The van der Waals surface area contributed by atoms with Crippen molar-refractivity contribution in [2.24, 2.45) is 5.41 Å². The van der Waals surface area contributed by atoms with Crippen LogP contribution in [0, 0.1) is 5.41 Å². The van der Waals surface area contributed by atoms with E-state index in [0.717, 1.165) is 12.0 Å². The molecule has 2 unspecified atom stereocenters. The molecule has 1 aliphatic heterocycles. The molecule has 2 amide bonds. The second kappa shape index (κ2) is 4.58. The molecule has 4 heteroatoms. The highest BCUT2D eigenvalue weighted by atomic mass is 16.2. The topological polar surface area (TPSA) is 49.4 Å². The molecule has 1 aromatic rings. The van der Waals surface area contributed by atoms with E-state index in [4.69, 9.17) is 0 Å². The molecule has 4 nitrogen and oxygen atoms in total. The van der Waals surface area contributed by atoms with E-state index in [1.54, 1.807) is 0 Å². The molecule has 1 N–H and O–H groups in total. The van der Waals surface area contributed by atoms with Gasteiger partial charge in [-0.2, -0.15) is 0 Å². The molecule has 112 valence electrons. The Bertz CT molecular complexity index is 582. The maximum absolute atomic E-state index is 13.1. The van der Waals surface area contributed by atoms with Crippen molar-refractivity contribution in [3.05, 3.63) is 35.9 Å². The van der Waals surface area contributed by atoms with Gasteiger partial charge in [0.1, 0.15) is 5.54 Å². The minimum absolute atomic E-state index is 0.00938. The van der Waals surface area contributed by atoms with E-state index >= 15 is 0 Å². The molecule has 1 aliphatic carbocycles. The van der Waals surface area contributed by atoms with Gasteiger partial charge < -0.3 is 10.2 Å². The summed E-state index contributed by atoms with van der Waals surface area (Å²) in [6.45, 7) is 6.67. The van der Waals surface area contributed by atoms with Crippen molar-refractivity contribution in [3.8, 4) is 0 Å². The highest BCUT2D eigenvalue weighted by Gasteiger charge is 2.54. The Morgan fingerprint density at radius 3 is 2.33 bits per heavy atom. The zero-order valence-electron chi connectivity index (χ0n) is 12.8. The first kappa shape index (κ1) is 14.1. The number of carbonyl (C=O) groups excluding carboxylic acids is 2. The van der Waals surface area contributed by atoms with Crippen molar-refractivity contribution in [3.63, 3.8) is 0 Å². The molecule has 3 rings (SSSR count). The van der Waals surface area contributed by atoms with Gasteiger partial charge in [0.2, 0.25) is 5.91 Å². The summed E-state index contributed by atoms with van der Waals surface area (Å²) < 4.78 is 0. The van der Waals surface area contributed by atoms with Crippen molar-refractivity contribution in [2.45, 2.75) is 45.2 Å². The third-order valence-corrected chi connectivity index (χ3v) is 4.85. The molecule has 1 saturated carbocycles. The van der Waals surface area contributed by atoms with Crippen molar-refractivity contribution in [1.82, 2.24) is 10.2 Å². The van der Waals surface area contributed by atoms with E-state index in [9.17, 15) is 9.59 Å². The van der Waals surface area contributed by atoms with Gasteiger partial charge in [0.25, 0.3) is 5.91 Å². The number of carbonyl (C=O) groups is 2. The van der Waals surface area contributed by atoms with Crippen LogP contribution in [0.1, 0.15) is 39.2 Å². The fourth-order valence-electron chi connectivity index (χ4n) is 3.24. The molecule has 1 heterocycles. The van der Waals surface area contributed by atoms with Crippen LogP contribution in [0.25, 0.3) is 0 Å². The van der Waals surface area contributed by atoms with Gasteiger partial charge in [0.15, 0.2) is 0 Å². The Morgan fingerprint density at radius 2 is 1.76 bits per heavy atom. The van der Waals surface area contributed by atoms with E-state index in [2.05, 4.69) is 19.2 Å². The van der Waals surface area contributed by atoms with Crippen molar-refractivity contribution < 1.29 is 9.59 Å². The maximum atomic E-state index is 13.1. The number of benzene rings is 1. The number of hydrogen-bond acceptors (Lipinski definition) is 2. The van der Waals surface area contributed by atoms with Gasteiger partial charge in [-0.3, -0.25) is 9.59 Å². The summed E-state index contributed by atoms with van der Waals surface area (Å²) in [7, 11) is 0. The number of nitrogens with zero attached hydrogens (tertiary/aromatic N) is 1. The predicted molar refractivity (Wildman–Crippen MR) is 80.5 cm³/mol. The van der Waals surface area contributed by atoms with Gasteiger partial charge in [0, 0.05) is 19.0 Å². The Labute approximate surface area is 125 Å². The van der Waals surface area contributed by atoms with Crippen LogP contribution in [0.15, 0.2) is 30.3 Å². The Hall–Kier alpha value is -1.84. The zero-order chi connectivity index (χ0) is 15.3. The lowest BCUT2D eigenvalue weighted by molar-refractivity contribution is -0.139. The molecule has 0 spiro atoms. The largest absolute Gasteiger partial charge is 0.338 e. The Kier molecular flexibility index (Phi) is 3.08. The molecule has 0 bridgehead atoms. The summed E-state index contributed by atoms with van der Waals surface area (Å²) >= 11 is 0. The standard InChI is InChI=1S/C17H22N2O2/c1-16(2)11-13(16)19-10-9-14(20)18-17(3,15(19)21)12-7-5-4-6-8-12/h4-8,13H,9-11H2,1-3H3,(H,18,20). The quantitative estimate of drug-likeness (QED) is 0.904. The lowest BCUT2D eigenvalue weighted by Crippen LogP contribution is -2.53. The highest BCUT2D eigenvalue weighted by molar-refractivity contribution is 5.94. The number of hydrogen-bond donors (Lipinski definition) is 1. The highest BCUT2D eigenvalue weighted by Crippen LogP contribution is 2.49. The van der Waals surface area contributed by atoms with Crippen LogP contribution in [0.5, 0.6) is 0 Å². The van der Waals surface area contributed by atoms with Crippen LogP contribution in [-0.2, 0) is 15.1 Å². The molecule has 2 aliphatic rings. The molecule has 1 aromatic carbocycles. The average Bonchev–Trinajstić information content (AvgIpc) is 3.09. The number of nitrogens with one attached hydrogen (secondary N) is 1. The van der Waals surface area contributed by atoms with E-state index in [1.807, 2.05) is 42.2 Å². The average molecular weight is 286 g/mol. The SMILES string of the molecule is CC1(c2ccccc2)NC(=O)CCN(C2CC2(C)C)C1=O. The van der Waals surface area contributed by atoms with Crippen LogP contribution in [0.4, 0.5) is 0 Å². The van der Waals surface area contributed by atoms with Crippen molar-refractivity contribution in [1.29, 1.82) is 0 Å². The summed E-state index contributed by atoms with van der Waals surface area (Å²) in [5, 5.41) is 2.93. The number of rotatable bonds is 2. The van der Waals surface area contributed by atoms with Gasteiger partial charge in [-0.25, -0.2) is 0 Å². The molecular weight excluding hydrogens is 264 g/mol. The minimum atomic E-state index is -0.965. The van der Waals surface area contributed by atoms with Crippen molar-refractivity contribution in [2.75, 3.05) is 6.54 Å². The van der Waals surface area contributed by atoms with Gasteiger partial charge in [0.05, 0.1) is 0 Å². The zero-order valence-corrected chi connectivity index (χ0v) is 12.8. The normalized spacial score (nSPS) is 31.6. The third-order valence-electron chi connectivity index (χ3n) is 4.85. The lowest BCUT2D eigenvalue weighted by atomic mass is 9.90. The monoisotopic (exact) mass is 286 g/mol. The molecular formula is C17H22N2O2. The van der Waals surface area contributed by atoms with Crippen LogP contribution in [0.2, 0.25) is 0 Å². The van der Waals surface area contributed by atoms with E-state index in [0.29, 0.717) is 13.0 Å². The van der Waals surface area contributed by atoms with E-state index < -0.39 is 5.54 Å². The summed E-state index contributed by atoms with van der Waals surface area (Å²) in [6.07, 6.45) is 1.39. The van der Waals surface area contributed by atoms with Gasteiger partial charge in [-0.1, -0.05) is 44.2 Å². The fraction of sp³-hybridized carbons (Fsp3) is 0.529. The van der Waals surface area contributed by atoms with Crippen LogP contribution in [-0.4, -0.2) is 29.3 Å². The molecule has 21 heavy (non-hydrogen) atoms. The third kappa shape index (κ3) is 2.33. The summed E-state index contributed by atoms with van der Waals surface area (Å²) in [4.78, 5) is 27.1. The number of amides is 2. The molecule has 0 aromatic heterocycles. The molecule has 2 fully saturated rings. The van der Waals surface area contributed by atoms with E-state index in [-0.39, 0.29) is 23.3 Å².